The second-order valence-corrected chi connectivity index (χ2v) is 5.63. The molecule has 0 saturated heterocycles. The quantitative estimate of drug-likeness (QED) is 0.760. The number of carboxylic acids is 1. The number of nitrogens with one attached hydrogen (secondary N) is 2. The third-order valence-electron chi connectivity index (χ3n) is 2.52. The number of carbonyl (C=O) groups is 1. The van der Waals surface area contributed by atoms with Crippen LogP contribution < -0.4 is 4.72 Å². The number of furan rings is 1. The Hall–Kier alpha value is -2.06. The van der Waals surface area contributed by atoms with Gasteiger partial charge in [0.05, 0.1) is 11.4 Å². The molecule has 0 unspecified atom stereocenters. The molecule has 0 amide bonds. The summed E-state index contributed by atoms with van der Waals surface area (Å²) < 4.78 is 31.1. The van der Waals surface area contributed by atoms with Crippen LogP contribution in [0.25, 0.3) is 0 Å². The number of aromatic nitrogens is 1. The van der Waals surface area contributed by atoms with Crippen molar-refractivity contribution in [3.63, 3.8) is 0 Å². The van der Waals surface area contributed by atoms with E-state index < -0.39 is 16.0 Å². The van der Waals surface area contributed by atoms with Gasteiger partial charge in [-0.25, -0.2) is 17.9 Å². The number of aromatic carboxylic acids is 1. The predicted molar refractivity (Wildman–Crippen MR) is 65.2 cm³/mol. The lowest BCUT2D eigenvalue weighted by Crippen LogP contribution is -2.22. The van der Waals surface area contributed by atoms with Crippen molar-refractivity contribution in [3.05, 3.63) is 41.6 Å². The van der Waals surface area contributed by atoms with E-state index in [1.807, 2.05) is 0 Å². The van der Waals surface area contributed by atoms with E-state index in [0.717, 1.165) is 0 Å². The van der Waals surface area contributed by atoms with Gasteiger partial charge >= 0.3 is 5.97 Å². The Morgan fingerprint density at radius 1 is 1.53 bits per heavy atom. The van der Waals surface area contributed by atoms with Crippen LogP contribution in [0, 0.1) is 6.92 Å². The molecule has 2 heterocycles. The fourth-order valence-electron chi connectivity index (χ4n) is 1.57. The minimum absolute atomic E-state index is 0.0239. The smallest absolute Gasteiger partial charge is 0.339 e. The Kier molecular flexibility index (Phi) is 3.45. The summed E-state index contributed by atoms with van der Waals surface area (Å²) >= 11 is 0. The van der Waals surface area contributed by atoms with Crippen LogP contribution in [0.2, 0.25) is 0 Å². The van der Waals surface area contributed by atoms with Gasteiger partial charge in [0.15, 0.2) is 0 Å². The molecule has 8 heteroatoms. The molecular weight excluding hydrogens is 272 g/mol. The lowest BCUT2D eigenvalue weighted by Gasteiger charge is -2.02. The molecule has 0 bridgehead atoms. The van der Waals surface area contributed by atoms with Crippen LogP contribution in [0.5, 0.6) is 0 Å². The van der Waals surface area contributed by atoms with Gasteiger partial charge in [-0.1, -0.05) is 0 Å². The number of hydrogen-bond donors (Lipinski definition) is 3. The third-order valence-corrected chi connectivity index (χ3v) is 3.91. The van der Waals surface area contributed by atoms with Crippen LogP contribution in [0.4, 0.5) is 0 Å². The summed E-state index contributed by atoms with van der Waals surface area (Å²) in [4.78, 5) is 13.6. The maximum atomic E-state index is 11.8. The summed E-state index contributed by atoms with van der Waals surface area (Å²) in [6.07, 6.45) is 2.84. The van der Waals surface area contributed by atoms with Crippen molar-refractivity contribution in [2.75, 3.05) is 0 Å². The highest BCUT2D eigenvalue weighted by Gasteiger charge is 2.17. The topological polar surface area (TPSA) is 112 Å². The largest absolute Gasteiger partial charge is 0.478 e. The summed E-state index contributed by atoms with van der Waals surface area (Å²) in [7, 11) is -3.63. The van der Waals surface area contributed by atoms with Crippen molar-refractivity contribution in [1.82, 2.24) is 9.71 Å². The molecule has 0 radical (unpaired) electrons. The van der Waals surface area contributed by atoms with Gasteiger partial charge in [0.1, 0.15) is 17.1 Å². The molecule has 0 atom stereocenters. The van der Waals surface area contributed by atoms with Gasteiger partial charge in [-0.3, -0.25) is 0 Å². The number of rotatable bonds is 5. The van der Waals surface area contributed by atoms with E-state index in [-0.39, 0.29) is 28.5 Å². The minimum atomic E-state index is -3.63. The van der Waals surface area contributed by atoms with E-state index >= 15 is 0 Å². The maximum absolute atomic E-state index is 11.8. The molecule has 0 aliphatic rings. The molecule has 2 aromatic rings. The van der Waals surface area contributed by atoms with Crippen molar-refractivity contribution in [2.45, 2.75) is 18.4 Å². The van der Waals surface area contributed by atoms with Crippen molar-refractivity contribution in [3.8, 4) is 0 Å². The van der Waals surface area contributed by atoms with Gasteiger partial charge in [0, 0.05) is 12.4 Å². The lowest BCUT2D eigenvalue weighted by molar-refractivity contribution is 0.0695. The third kappa shape index (κ3) is 2.85. The van der Waals surface area contributed by atoms with Crippen molar-refractivity contribution in [1.29, 1.82) is 0 Å². The minimum Gasteiger partial charge on any atom is -0.478 e. The molecule has 2 rings (SSSR count). The molecule has 7 nitrogen and oxygen atoms in total. The summed E-state index contributed by atoms with van der Waals surface area (Å²) in [5.41, 5.74) is 0.0239. The number of H-pyrrole nitrogens is 1. The van der Waals surface area contributed by atoms with Crippen LogP contribution in [0.3, 0.4) is 0 Å². The molecule has 2 aromatic heterocycles. The van der Waals surface area contributed by atoms with Gasteiger partial charge < -0.3 is 14.5 Å². The first-order chi connectivity index (χ1) is 8.90. The lowest BCUT2D eigenvalue weighted by atomic mass is 10.2. The highest BCUT2D eigenvalue weighted by atomic mass is 32.2. The SMILES string of the molecule is Cc1oc(CNS(=O)(=O)c2cc[nH]c2)cc1C(=O)O. The average Bonchev–Trinajstić information content (AvgIpc) is 2.95. The maximum Gasteiger partial charge on any atom is 0.339 e. The van der Waals surface area contributed by atoms with E-state index in [4.69, 9.17) is 9.52 Å². The Morgan fingerprint density at radius 3 is 2.79 bits per heavy atom. The fraction of sp³-hybridized carbons (Fsp3) is 0.182. The Labute approximate surface area is 109 Å². The molecule has 0 fully saturated rings. The Morgan fingerprint density at radius 2 is 2.26 bits per heavy atom. The molecule has 0 aliphatic heterocycles. The first-order valence-electron chi connectivity index (χ1n) is 5.35. The number of aromatic amines is 1. The molecule has 0 aromatic carbocycles. The number of aryl methyl sites for hydroxylation is 1. The predicted octanol–water partition coefficient (Wildman–Crippen LogP) is 1.09. The Balaban J connectivity index is 2.11. The summed E-state index contributed by atoms with van der Waals surface area (Å²) in [6.45, 7) is 1.40. The van der Waals surface area contributed by atoms with E-state index in [9.17, 15) is 13.2 Å². The summed E-state index contributed by atoms with van der Waals surface area (Å²) in [5, 5.41) is 8.85. The molecule has 0 spiro atoms. The average molecular weight is 284 g/mol. The fourth-order valence-corrected chi connectivity index (χ4v) is 2.54. The summed E-state index contributed by atoms with van der Waals surface area (Å²) in [6, 6.07) is 2.72. The van der Waals surface area contributed by atoms with Crippen LogP contribution in [0.1, 0.15) is 21.9 Å². The zero-order valence-corrected chi connectivity index (χ0v) is 10.8. The van der Waals surface area contributed by atoms with E-state index in [1.165, 1.54) is 31.5 Å². The zero-order valence-electron chi connectivity index (χ0n) is 10.0. The zero-order chi connectivity index (χ0) is 14.0. The van der Waals surface area contributed by atoms with Gasteiger partial charge in [-0.2, -0.15) is 0 Å². The normalized spacial score (nSPS) is 11.6. The highest BCUT2D eigenvalue weighted by molar-refractivity contribution is 7.89. The molecular formula is C11H12N2O5S. The second kappa shape index (κ2) is 4.90. The van der Waals surface area contributed by atoms with Crippen LogP contribution >= 0.6 is 0 Å². The number of hydrogen-bond acceptors (Lipinski definition) is 4. The number of carboxylic acid groups (broad SMARTS) is 1. The van der Waals surface area contributed by atoms with Crippen molar-refractivity contribution < 1.29 is 22.7 Å². The molecule has 0 aliphatic carbocycles. The van der Waals surface area contributed by atoms with Crippen LogP contribution in [-0.4, -0.2) is 24.5 Å². The second-order valence-electron chi connectivity index (χ2n) is 3.86. The highest BCUT2D eigenvalue weighted by Crippen LogP contribution is 2.15. The summed E-state index contributed by atoms with van der Waals surface area (Å²) in [5.74, 6) is -0.627. The first kappa shape index (κ1) is 13.4. The first-order valence-corrected chi connectivity index (χ1v) is 6.83. The van der Waals surface area contributed by atoms with Gasteiger partial charge in [0.25, 0.3) is 0 Å². The standard InChI is InChI=1S/C11H12N2O5S/c1-7-10(11(14)15)4-8(18-7)5-13-19(16,17)9-2-3-12-6-9/h2-4,6,12-13H,5H2,1H3,(H,14,15). The van der Waals surface area contributed by atoms with Crippen LogP contribution in [0.15, 0.2) is 33.8 Å². The van der Waals surface area contributed by atoms with Gasteiger partial charge in [-0.15, -0.1) is 0 Å². The number of sulfonamides is 1. The molecule has 19 heavy (non-hydrogen) atoms. The van der Waals surface area contributed by atoms with E-state index in [0.29, 0.717) is 0 Å². The van der Waals surface area contributed by atoms with Crippen molar-refractivity contribution in [2.24, 2.45) is 0 Å². The molecule has 102 valence electrons. The molecule has 3 N–H and O–H groups in total. The molecule has 0 saturated carbocycles. The Bertz CT molecular complexity index is 685. The van der Waals surface area contributed by atoms with Gasteiger partial charge in [0.2, 0.25) is 10.0 Å². The van der Waals surface area contributed by atoms with E-state index in [1.54, 1.807) is 0 Å². The van der Waals surface area contributed by atoms with Crippen LogP contribution in [-0.2, 0) is 16.6 Å². The van der Waals surface area contributed by atoms with Crippen molar-refractivity contribution >= 4 is 16.0 Å². The van der Waals surface area contributed by atoms with E-state index in [2.05, 4.69) is 9.71 Å². The van der Waals surface area contributed by atoms with Gasteiger partial charge in [-0.05, 0) is 19.1 Å². The monoisotopic (exact) mass is 284 g/mol.